The van der Waals surface area contributed by atoms with Crippen LogP contribution in [0.4, 0.5) is 11.5 Å². The lowest BCUT2D eigenvalue weighted by Crippen LogP contribution is -2.50. The van der Waals surface area contributed by atoms with E-state index in [1.807, 2.05) is 23.1 Å². The molecule has 0 bridgehead atoms. The molecule has 27 heavy (non-hydrogen) atoms. The number of pyridine rings is 1. The summed E-state index contributed by atoms with van der Waals surface area (Å²) in [5.74, 6) is 0.296. The van der Waals surface area contributed by atoms with Crippen LogP contribution >= 0.6 is 0 Å². The van der Waals surface area contributed by atoms with Gasteiger partial charge in [0.2, 0.25) is 5.82 Å². The Kier molecular flexibility index (Phi) is 6.11. The summed E-state index contributed by atoms with van der Waals surface area (Å²) >= 11 is 0. The largest absolute Gasteiger partial charge is 0.369 e. The number of guanidine groups is 1. The van der Waals surface area contributed by atoms with Gasteiger partial charge >= 0.3 is 5.69 Å². The lowest BCUT2D eigenvalue weighted by atomic mass is 10.2. The smallest absolute Gasteiger partial charge is 0.313 e. The van der Waals surface area contributed by atoms with E-state index in [0.29, 0.717) is 0 Å². The first-order valence-corrected chi connectivity index (χ1v) is 8.76. The second-order valence-corrected chi connectivity index (χ2v) is 6.17. The molecule has 2 N–H and O–H groups in total. The number of nitrogens with two attached hydrogens (primary N) is 1. The van der Waals surface area contributed by atoms with Gasteiger partial charge in [-0.2, -0.15) is 4.99 Å². The molecule has 0 radical (unpaired) electrons. The number of benzene rings is 1. The summed E-state index contributed by atoms with van der Waals surface area (Å²) in [5.41, 5.74) is 7.09. The normalized spacial score (nSPS) is 16.0. The molecule has 0 amide bonds. The van der Waals surface area contributed by atoms with Gasteiger partial charge in [-0.15, -0.1) is 0 Å². The summed E-state index contributed by atoms with van der Waals surface area (Å²) < 4.78 is 0. The summed E-state index contributed by atoms with van der Waals surface area (Å²) in [6.07, 6.45) is 5.73. The molecule has 1 fully saturated rings. The van der Waals surface area contributed by atoms with Crippen molar-refractivity contribution in [2.24, 2.45) is 10.7 Å². The molecule has 0 unspecified atom stereocenters. The Bertz CT molecular complexity index is 829. The zero-order valence-corrected chi connectivity index (χ0v) is 14.9. The van der Waals surface area contributed by atoms with Crippen molar-refractivity contribution in [1.82, 2.24) is 14.8 Å². The summed E-state index contributed by atoms with van der Waals surface area (Å²) in [7, 11) is 0. The Balaban J connectivity index is 1.54. The first-order chi connectivity index (χ1) is 13.1. The molecule has 1 aliphatic rings. The number of piperazine rings is 1. The lowest BCUT2D eigenvalue weighted by Gasteiger charge is -2.34. The maximum Gasteiger partial charge on any atom is 0.313 e. The van der Waals surface area contributed by atoms with Crippen LogP contribution in [-0.4, -0.2) is 58.4 Å². The van der Waals surface area contributed by atoms with Crippen molar-refractivity contribution < 1.29 is 4.92 Å². The number of hydrogen-bond donors (Lipinski definition) is 1. The molecule has 1 aromatic heterocycles. The summed E-state index contributed by atoms with van der Waals surface area (Å²) in [6, 6.07) is 13.1. The molecule has 8 heteroatoms. The van der Waals surface area contributed by atoms with Gasteiger partial charge in [0.25, 0.3) is 0 Å². The molecule has 8 nitrogen and oxygen atoms in total. The lowest BCUT2D eigenvalue weighted by molar-refractivity contribution is -0.384. The molecule has 0 atom stereocenters. The SMILES string of the molecule is N/C(=N\c1ncccc1[N+](=O)[O-])N1CCN(C/C=C/c2ccccc2)CC1. The van der Waals surface area contributed by atoms with E-state index in [2.05, 4.69) is 39.2 Å². The Morgan fingerprint density at radius 2 is 1.93 bits per heavy atom. The molecule has 0 aliphatic carbocycles. The zero-order valence-electron chi connectivity index (χ0n) is 14.9. The number of rotatable bonds is 5. The van der Waals surface area contributed by atoms with Crippen molar-refractivity contribution >= 4 is 23.5 Å². The third kappa shape index (κ3) is 5.11. The molecule has 1 aromatic carbocycles. The van der Waals surface area contributed by atoms with E-state index in [1.54, 1.807) is 0 Å². The van der Waals surface area contributed by atoms with Gasteiger partial charge in [-0.25, -0.2) is 4.98 Å². The van der Waals surface area contributed by atoms with Crippen molar-refractivity contribution in [2.45, 2.75) is 0 Å². The Morgan fingerprint density at radius 3 is 2.63 bits per heavy atom. The number of hydrogen-bond acceptors (Lipinski definition) is 5. The molecule has 3 rings (SSSR count). The third-order valence-electron chi connectivity index (χ3n) is 4.35. The molecule has 2 aromatic rings. The average Bonchev–Trinajstić information content (AvgIpc) is 2.69. The Labute approximate surface area is 157 Å². The van der Waals surface area contributed by atoms with Gasteiger partial charge in [-0.1, -0.05) is 42.5 Å². The van der Waals surface area contributed by atoms with Crippen LogP contribution in [0.15, 0.2) is 59.7 Å². The van der Waals surface area contributed by atoms with Crippen LogP contribution in [0.5, 0.6) is 0 Å². The fourth-order valence-corrected chi connectivity index (χ4v) is 2.86. The maximum absolute atomic E-state index is 11.1. The van der Waals surface area contributed by atoms with Gasteiger partial charge in [0.15, 0.2) is 5.96 Å². The van der Waals surface area contributed by atoms with Gasteiger partial charge in [0.1, 0.15) is 0 Å². The summed E-state index contributed by atoms with van der Waals surface area (Å²) in [5, 5.41) is 11.1. The van der Waals surface area contributed by atoms with Crippen LogP contribution in [0.3, 0.4) is 0 Å². The van der Waals surface area contributed by atoms with Crippen molar-refractivity contribution in [2.75, 3.05) is 32.7 Å². The number of aliphatic imine (C=N–C) groups is 1. The fourth-order valence-electron chi connectivity index (χ4n) is 2.86. The summed E-state index contributed by atoms with van der Waals surface area (Å²) in [4.78, 5) is 22.9. The minimum Gasteiger partial charge on any atom is -0.369 e. The predicted octanol–water partition coefficient (Wildman–Crippen LogP) is 2.27. The van der Waals surface area contributed by atoms with E-state index >= 15 is 0 Å². The van der Waals surface area contributed by atoms with Gasteiger partial charge < -0.3 is 10.6 Å². The Morgan fingerprint density at radius 1 is 1.19 bits per heavy atom. The highest BCUT2D eigenvalue weighted by Crippen LogP contribution is 2.23. The minimum absolute atomic E-state index is 0.0354. The minimum atomic E-state index is -0.504. The van der Waals surface area contributed by atoms with E-state index < -0.39 is 4.92 Å². The topological polar surface area (TPSA) is 101 Å². The van der Waals surface area contributed by atoms with Crippen LogP contribution in [0.1, 0.15) is 5.56 Å². The van der Waals surface area contributed by atoms with E-state index in [-0.39, 0.29) is 17.5 Å². The van der Waals surface area contributed by atoms with Crippen molar-refractivity contribution in [3.05, 3.63) is 70.4 Å². The second kappa shape index (κ2) is 8.91. The molecule has 2 heterocycles. The van der Waals surface area contributed by atoms with Crippen molar-refractivity contribution in [3.8, 4) is 0 Å². The van der Waals surface area contributed by atoms with E-state index in [0.717, 1.165) is 32.7 Å². The highest BCUT2D eigenvalue weighted by molar-refractivity contribution is 5.81. The molecule has 0 saturated carbocycles. The molecular weight excluding hydrogens is 344 g/mol. The fraction of sp³-hybridized carbons (Fsp3) is 0.263. The van der Waals surface area contributed by atoms with E-state index in [9.17, 15) is 10.1 Å². The number of nitrogens with zero attached hydrogens (tertiary/aromatic N) is 5. The first-order valence-electron chi connectivity index (χ1n) is 8.76. The zero-order chi connectivity index (χ0) is 19.1. The van der Waals surface area contributed by atoms with Crippen molar-refractivity contribution in [3.63, 3.8) is 0 Å². The van der Waals surface area contributed by atoms with Crippen LogP contribution < -0.4 is 5.73 Å². The van der Waals surface area contributed by atoms with E-state index in [4.69, 9.17) is 5.73 Å². The quantitative estimate of drug-likeness (QED) is 0.377. The average molecular weight is 366 g/mol. The van der Waals surface area contributed by atoms with Crippen LogP contribution in [-0.2, 0) is 0 Å². The predicted molar refractivity (Wildman–Crippen MR) is 106 cm³/mol. The highest BCUT2D eigenvalue weighted by atomic mass is 16.6. The van der Waals surface area contributed by atoms with Crippen LogP contribution in [0.2, 0.25) is 0 Å². The summed E-state index contributed by atoms with van der Waals surface area (Å²) in [6.45, 7) is 4.00. The van der Waals surface area contributed by atoms with Crippen LogP contribution in [0, 0.1) is 10.1 Å². The van der Waals surface area contributed by atoms with Crippen LogP contribution in [0.25, 0.3) is 6.08 Å². The van der Waals surface area contributed by atoms with Crippen molar-refractivity contribution in [1.29, 1.82) is 0 Å². The van der Waals surface area contributed by atoms with Gasteiger partial charge in [0, 0.05) is 45.0 Å². The third-order valence-corrected chi connectivity index (χ3v) is 4.35. The highest BCUT2D eigenvalue weighted by Gasteiger charge is 2.19. The van der Waals surface area contributed by atoms with Gasteiger partial charge in [-0.3, -0.25) is 15.0 Å². The molecule has 1 aliphatic heterocycles. The monoisotopic (exact) mass is 366 g/mol. The number of aromatic nitrogens is 1. The molecule has 1 saturated heterocycles. The molecule has 0 spiro atoms. The standard InChI is InChI=1S/C19H22N6O2/c20-19(22-18-17(25(26)27)9-4-10-21-18)24-14-12-23(13-15-24)11-5-8-16-6-2-1-3-7-16/h1-10H,11-15H2,(H2,20,21,22)/b8-5+. The first kappa shape index (κ1) is 18.5. The molecular formula is C19H22N6O2. The van der Waals surface area contributed by atoms with Gasteiger partial charge in [0.05, 0.1) is 4.92 Å². The Hall–Kier alpha value is -3.26. The maximum atomic E-state index is 11.1. The number of nitro groups is 1. The second-order valence-electron chi connectivity index (χ2n) is 6.17. The molecule has 140 valence electrons. The van der Waals surface area contributed by atoms with Gasteiger partial charge in [-0.05, 0) is 11.6 Å². The van der Waals surface area contributed by atoms with E-state index in [1.165, 1.54) is 23.9 Å².